The molecule has 1 atom stereocenters. The van der Waals surface area contributed by atoms with E-state index in [2.05, 4.69) is 46.5 Å². The second-order valence-corrected chi connectivity index (χ2v) is 6.96. The van der Waals surface area contributed by atoms with Crippen LogP contribution >= 0.6 is 11.8 Å². The molecule has 126 valence electrons. The number of ether oxygens (including phenoxy) is 1. The lowest BCUT2D eigenvalue weighted by Gasteiger charge is -2.20. The van der Waals surface area contributed by atoms with Gasteiger partial charge >= 0.3 is 0 Å². The summed E-state index contributed by atoms with van der Waals surface area (Å²) < 4.78 is 6.26. The Labute approximate surface area is 150 Å². The standard InChI is InChI=1S/C19H18N4OS/c1-3-25-19-21-18-16(22-23-19)14-10-6-7-11-15(14)20-17(24-18)13-9-5-4-8-12(13)2/h4-11,17,20H,3H2,1-2H3/t17-/m0/s1. The smallest absolute Gasteiger partial charge is 0.247 e. The van der Waals surface area contributed by atoms with Crippen molar-refractivity contribution < 1.29 is 4.74 Å². The van der Waals surface area contributed by atoms with Crippen LogP contribution in [-0.2, 0) is 0 Å². The number of nitrogens with zero attached hydrogens (tertiary/aromatic N) is 3. The van der Waals surface area contributed by atoms with Crippen molar-refractivity contribution >= 4 is 17.4 Å². The van der Waals surface area contributed by atoms with E-state index in [-0.39, 0.29) is 6.23 Å². The number of rotatable bonds is 3. The fourth-order valence-electron chi connectivity index (χ4n) is 2.86. The molecular weight excluding hydrogens is 332 g/mol. The third-order valence-corrected chi connectivity index (χ3v) is 4.80. The van der Waals surface area contributed by atoms with Crippen LogP contribution in [0.5, 0.6) is 5.88 Å². The Morgan fingerprint density at radius 3 is 2.72 bits per heavy atom. The van der Waals surface area contributed by atoms with Gasteiger partial charge in [-0.15, -0.1) is 10.2 Å². The summed E-state index contributed by atoms with van der Waals surface area (Å²) in [6, 6.07) is 16.2. The van der Waals surface area contributed by atoms with E-state index in [1.54, 1.807) is 11.8 Å². The summed E-state index contributed by atoms with van der Waals surface area (Å²) in [4.78, 5) is 4.59. The molecule has 3 aromatic rings. The van der Waals surface area contributed by atoms with Crippen molar-refractivity contribution in [1.82, 2.24) is 15.2 Å². The predicted molar refractivity (Wildman–Crippen MR) is 99.8 cm³/mol. The average molecular weight is 350 g/mol. The minimum absolute atomic E-state index is 0.334. The number of fused-ring (bicyclic) bond motifs is 3. The fourth-order valence-corrected chi connectivity index (χ4v) is 3.36. The Hall–Kier alpha value is -2.60. The van der Waals surface area contributed by atoms with Crippen molar-refractivity contribution in [1.29, 1.82) is 0 Å². The van der Waals surface area contributed by atoms with Crippen molar-refractivity contribution in [3.8, 4) is 17.1 Å². The Morgan fingerprint density at radius 2 is 1.88 bits per heavy atom. The number of aryl methyl sites for hydroxylation is 1. The molecule has 5 nitrogen and oxygen atoms in total. The molecular formula is C19H18N4OS. The number of hydrogen-bond acceptors (Lipinski definition) is 6. The highest BCUT2D eigenvalue weighted by atomic mass is 32.2. The van der Waals surface area contributed by atoms with Crippen LogP contribution in [0.4, 0.5) is 5.69 Å². The summed E-state index contributed by atoms with van der Waals surface area (Å²) in [6.07, 6.45) is -0.334. The van der Waals surface area contributed by atoms with Crippen LogP contribution in [0, 0.1) is 6.92 Å². The van der Waals surface area contributed by atoms with Crippen LogP contribution in [-0.4, -0.2) is 20.9 Å². The first-order valence-corrected chi connectivity index (χ1v) is 9.20. The number of thioether (sulfide) groups is 1. The zero-order valence-corrected chi connectivity index (χ0v) is 14.9. The first-order valence-electron chi connectivity index (χ1n) is 8.22. The molecule has 0 fully saturated rings. The van der Waals surface area contributed by atoms with Gasteiger partial charge in [-0.25, -0.2) is 0 Å². The van der Waals surface area contributed by atoms with Crippen molar-refractivity contribution in [3.05, 3.63) is 59.7 Å². The lowest BCUT2D eigenvalue weighted by Crippen LogP contribution is -2.18. The van der Waals surface area contributed by atoms with Gasteiger partial charge in [-0.2, -0.15) is 4.98 Å². The minimum Gasteiger partial charge on any atom is -0.448 e. The number of benzene rings is 2. The lowest BCUT2D eigenvalue weighted by molar-refractivity contribution is 0.224. The molecule has 0 bridgehead atoms. The summed E-state index contributed by atoms with van der Waals surface area (Å²) in [5, 5.41) is 12.7. The Balaban J connectivity index is 1.85. The van der Waals surface area contributed by atoms with Crippen LogP contribution in [0.3, 0.4) is 0 Å². The molecule has 1 N–H and O–H groups in total. The molecule has 6 heteroatoms. The summed E-state index contributed by atoms with van der Waals surface area (Å²) in [7, 11) is 0. The van der Waals surface area contributed by atoms with Crippen molar-refractivity contribution in [2.24, 2.45) is 0 Å². The first kappa shape index (κ1) is 15.9. The Kier molecular flexibility index (Phi) is 4.28. The highest BCUT2D eigenvalue weighted by Crippen LogP contribution is 2.39. The summed E-state index contributed by atoms with van der Waals surface area (Å²) in [5.41, 5.74) is 4.81. The SMILES string of the molecule is CCSc1nnc2c(n1)O[C@@H](c1ccccc1C)Nc1ccccc1-2. The van der Waals surface area contributed by atoms with Gasteiger partial charge in [0.15, 0.2) is 11.9 Å². The zero-order valence-electron chi connectivity index (χ0n) is 14.1. The van der Waals surface area contributed by atoms with Gasteiger partial charge in [0.1, 0.15) is 0 Å². The number of anilines is 1. The summed E-state index contributed by atoms with van der Waals surface area (Å²) >= 11 is 1.55. The molecule has 0 aliphatic carbocycles. The summed E-state index contributed by atoms with van der Waals surface area (Å²) in [5.74, 6) is 1.40. The topological polar surface area (TPSA) is 59.9 Å². The van der Waals surface area contributed by atoms with Crippen LogP contribution in [0.1, 0.15) is 24.3 Å². The van der Waals surface area contributed by atoms with Gasteiger partial charge < -0.3 is 10.1 Å². The third kappa shape index (κ3) is 3.05. The number of hydrogen-bond donors (Lipinski definition) is 1. The number of aromatic nitrogens is 3. The molecule has 1 aliphatic heterocycles. The fraction of sp³-hybridized carbons (Fsp3) is 0.211. The van der Waals surface area contributed by atoms with Crippen LogP contribution in [0.25, 0.3) is 11.3 Å². The molecule has 2 aromatic carbocycles. The van der Waals surface area contributed by atoms with Crippen LogP contribution in [0.15, 0.2) is 53.7 Å². The molecule has 1 aromatic heterocycles. The van der Waals surface area contributed by atoms with Crippen molar-refractivity contribution in [3.63, 3.8) is 0 Å². The normalized spacial score (nSPS) is 15.4. The van der Waals surface area contributed by atoms with Crippen molar-refractivity contribution in [2.75, 3.05) is 11.1 Å². The van der Waals surface area contributed by atoms with E-state index in [1.165, 1.54) is 0 Å². The molecule has 1 aliphatic rings. The van der Waals surface area contributed by atoms with Gasteiger partial charge in [-0.3, -0.25) is 0 Å². The van der Waals surface area contributed by atoms with Gasteiger partial charge in [-0.05, 0) is 24.3 Å². The lowest BCUT2D eigenvalue weighted by atomic mass is 10.1. The predicted octanol–water partition coefficient (Wildman–Crippen LogP) is 4.46. The average Bonchev–Trinajstić information content (AvgIpc) is 2.79. The molecule has 0 radical (unpaired) electrons. The maximum absolute atomic E-state index is 6.26. The number of para-hydroxylation sites is 1. The first-order chi connectivity index (χ1) is 12.3. The van der Waals surface area contributed by atoms with E-state index >= 15 is 0 Å². The van der Waals surface area contributed by atoms with E-state index in [9.17, 15) is 0 Å². The van der Waals surface area contributed by atoms with Crippen molar-refractivity contribution in [2.45, 2.75) is 25.2 Å². The molecule has 0 saturated carbocycles. The molecule has 4 rings (SSSR count). The maximum atomic E-state index is 6.26. The molecule has 0 spiro atoms. The molecule has 0 amide bonds. The maximum Gasteiger partial charge on any atom is 0.247 e. The van der Waals surface area contributed by atoms with Gasteiger partial charge in [0.25, 0.3) is 0 Å². The number of nitrogens with one attached hydrogen (secondary N) is 1. The third-order valence-electron chi connectivity index (χ3n) is 4.08. The molecule has 0 saturated heterocycles. The zero-order chi connectivity index (χ0) is 17.2. The van der Waals surface area contributed by atoms with E-state index in [1.807, 2.05) is 36.4 Å². The Morgan fingerprint density at radius 1 is 1.08 bits per heavy atom. The summed E-state index contributed by atoms with van der Waals surface area (Å²) in [6.45, 7) is 4.14. The highest BCUT2D eigenvalue weighted by molar-refractivity contribution is 7.99. The van der Waals surface area contributed by atoms with Gasteiger partial charge in [0, 0.05) is 16.8 Å². The van der Waals surface area contributed by atoms with Gasteiger partial charge in [0.05, 0.1) is 0 Å². The molecule has 25 heavy (non-hydrogen) atoms. The van der Waals surface area contributed by atoms with Gasteiger partial charge in [0.2, 0.25) is 11.0 Å². The quantitative estimate of drug-likeness (QED) is 0.704. The molecule has 2 heterocycles. The van der Waals surface area contributed by atoms with E-state index in [0.717, 1.165) is 28.1 Å². The Bertz CT molecular complexity index is 915. The van der Waals surface area contributed by atoms with E-state index in [0.29, 0.717) is 16.7 Å². The second-order valence-electron chi connectivity index (χ2n) is 5.73. The van der Waals surface area contributed by atoms with Crippen LogP contribution in [0.2, 0.25) is 0 Å². The highest BCUT2D eigenvalue weighted by Gasteiger charge is 2.26. The van der Waals surface area contributed by atoms with Gasteiger partial charge in [-0.1, -0.05) is 61.2 Å². The minimum atomic E-state index is -0.334. The van der Waals surface area contributed by atoms with Crippen LogP contribution < -0.4 is 10.1 Å². The second kappa shape index (κ2) is 6.72. The van der Waals surface area contributed by atoms with E-state index in [4.69, 9.17) is 4.74 Å². The monoisotopic (exact) mass is 350 g/mol. The van der Waals surface area contributed by atoms with E-state index < -0.39 is 0 Å². The molecule has 0 unspecified atom stereocenters. The largest absolute Gasteiger partial charge is 0.448 e.